The van der Waals surface area contributed by atoms with Crippen LogP contribution in [0.1, 0.15) is 27.0 Å². The van der Waals surface area contributed by atoms with Crippen LogP contribution in [0.2, 0.25) is 0 Å². The highest BCUT2D eigenvalue weighted by atomic mass is 16.5. The van der Waals surface area contributed by atoms with Gasteiger partial charge >= 0.3 is 0 Å². The number of allylic oxidation sites excluding steroid dienone is 1. The lowest BCUT2D eigenvalue weighted by atomic mass is 10.00. The van der Waals surface area contributed by atoms with Gasteiger partial charge in [-0.25, -0.2) is 0 Å². The summed E-state index contributed by atoms with van der Waals surface area (Å²) < 4.78 is 5.11. The van der Waals surface area contributed by atoms with Crippen molar-refractivity contribution >= 4 is 11.9 Å². The average molecular weight is 291 g/mol. The van der Waals surface area contributed by atoms with Crippen molar-refractivity contribution in [2.45, 2.75) is 13.8 Å². The van der Waals surface area contributed by atoms with Gasteiger partial charge in [0.1, 0.15) is 17.4 Å². The molecule has 2 aromatic rings. The number of ether oxygens (including phenoxy) is 1. The van der Waals surface area contributed by atoms with E-state index in [1.54, 1.807) is 37.5 Å². The van der Waals surface area contributed by atoms with Crippen LogP contribution in [0, 0.1) is 25.2 Å². The van der Waals surface area contributed by atoms with E-state index in [2.05, 4.69) is 0 Å². The van der Waals surface area contributed by atoms with Gasteiger partial charge in [-0.05, 0) is 48.7 Å². The number of rotatable bonds is 4. The Labute approximate surface area is 130 Å². The number of carbonyl (C=O) groups excluding carboxylic acids is 1. The molecular formula is C19H17NO2. The molecule has 0 aliphatic carbocycles. The van der Waals surface area contributed by atoms with Crippen molar-refractivity contribution in [1.29, 1.82) is 5.26 Å². The normalized spacial score (nSPS) is 10.9. The highest BCUT2D eigenvalue weighted by Crippen LogP contribution is 2.18. The minimum Gasteiger partial charge on any atom is -0.497 e. The largest absolute Gasteiger partial charge is 0.497 e. The van der Waals surface area contributed by atoms with Gasteiger partial charge in [0.25, 0.3) is 0 Å². The van der Waals surface area contributed by atoms with Crippen molar-refractivity contribution in [3.8, 4) is 11.8 Å². The second-order valence-corrected chi connectivity index (χ2v) is 5.07. The third-order valence-electron chi connectivity index (χ3n) is 3.54. The standard InChI is InChI=1S/C19H17NO2/c1-13-7-8-15(9-14(13)2)10-17(12-20)19(21)16-5-4-6-18(11-16)22-3/h4-11H,1-3H3/b17-10+. The summed E-state index contributed by atoms with van der Waals surface area (Å²) in [5, 5.41) is 9.30. The summed E-state index contributed by atoms with van der Waals surface area (Å²) in [5.74, 6) is 0.286. The van der Waals surface area contributed by atoms with Gasteiger partial charge in [0.05, 0.1) is 7.11 Å². The van der Waals surface area contributed by atoms with Gasteiger partial charge in [0.2, 0.25) is 5.78 Å². The first-order valence-corrected chi connectivity index (χ1v) is 6.93. The fourth-order valence-corrected chi connectivity index (χ4v) is 2.09. The van der Waals surface area contributed by atoms with Crippen molar-refractivity contribution in [3.05, 3.63) is 70.3 Å². The Kier molecular flexibility index (Phi) is 4.75. The topological polar surface area (TPSA) is 50.1 Å². The average Bonchev–Trinajstić information content (AvgIpc) is 2.55. The molecule has 0 bridgehead atoms. The molecule has 0 aliphatic heterocycles. The molecule has 0 saturated heterocycles. The van der Waals surface area contributed by atoms with Crippen LogP contribution in [0.4, 0.5) is 0 Å². The van der Waals surface area contributed by atoms with Gasteiger partial charge in [-0.3, -0.25) is 4.79 Å². The maximum Gasteiger partial charge on any atom is 0.203 e. The number of nitriles is 1. The second kappa shape index (κ2) is 6.73. The monoisotopic (exact) mass is 291 g/mol. The minimum atomic E-state index is -0.306. The molecule has 3 nitrogen and oxygen atoms in total. The Morgan fingerprint density at radius 1 is 1.14 bits per heavy atom. The number of aryl methyl sites for hydroxylation is 2. The molecule has 3 heteroatoms. The van der Waals surface area contributed by atoms with Gasteiger partial charge in [0.15, 0.2) is 0 Å². The number of ketones is 1. The third kappa shape index (κ3) is 3.42. The van der Waals surface area contributed by atoms with Crippen molar-refractivity contribution in [1.82, 2.24) is 0 Å². The highest BCUT2D eigenvalue weighted by Gasteiger charge is 2.13. The zero-order chi connectivity index (χ0) is 16.1. The fraction of sp³-hybridized carbons (Fsp3) is 0.158. The highest BCUT2D eigenvalue weighted by molar-refractivity contribution is 6.14. The summed E-state index contributed by atoms with van der Waals surface area (Å²) in [6.07, 6.45) is 1.62. The zero-order valence-corrected chi connectivity index (χ0v) is 12.9. The maximum atomic E-state index is 12.5. The molecule has 22 heavy (non-hydrogen) atoms. The van der Waals surface area contributed by atoms with Crippen LogP contribution in [0.25, 0.3) is 6.08 Å². The molecule has 0 amide bonds. The van der Waals surface area contributed by atoms with Crippen LogP contribution in [0.3, 0.4) is 0 Å². The lowest BCUT2D eigenvalue weighted by Gasteiger charge is -2.04. The lowest BCUT2D eigenvalue weighted by molar-refractivity contribution is 0.103. The Hall–Kier alpha value is -2.86. The first-order chi connectivity index (χ1) is 10.5. The first kappa shape index (κ1) is 15.5. The quantitative estimate of drug-likeness (QED) is 0.484. The summed E-state index contributed by atoms with van der Waals surface area (Å²) in [7, 11) is 1.54. The molecule has 2 rings (SSSR count). The number of hydrogen-bond acceptors (Lipinski definition) is 3. The van der Waals surface area contributed by atoms with Gasteiger partial charge < -0.3 is 4.74 Å². The molecule has 0 atom stereocenters. The van der Waals surface area contributed by atoms with Gasteiger partial charge in [0, 0.05) is 5.56 Å². The van der Waals surface area contributed by atoms with E-state index < -0.39 is 0 Å². The summed E-state index contributed by atoms with van der Waals surface area (Å²) in [6, 6.07) is 14.6. The number of nitrogens with zero attached hydrogens (tertiary/aromatic N) is 1. The summed E-state index contributed by atoms with van der Waals surface area (Å²) in [6.45, 7) is 4.03. The van der Waals surface area contributed by atoms with Crippen molar-refractivity contribution in [2.75, 3.05) is 7.11 Å². The lowest BCUT2D eigenvalue weighted by Crippen LogP contribution is -2.02. The molecule has 0 unspecified atom stereocenters. The van der Waals surface area contributed by atoms with Crippen LogP contribution in [-0.2, 0) is 0 Å². The number of carbonyl (C=O) groups is 1. The Balaban J connectivity index is 2.38. The Morgan fingerprint density at radius 2 is 1.91 bits per heavy atom. The zero-order valence-electron chi connectivity index (χ0n) is 12.9. The SMILES string of the molecule is COc1cccc(C(=O)/C(C#N)=C/c2ccc(C)c(C)c2)c1. The Morgan fingerprint density at radius 3 is 2.55 bits per heavy atom. The summed E-state index contributed by atoms with van der Waals surface area (Å²) >= 11 is 0. The van der Waals surface area contributed by atoms with Crippen molar-refractivity contribution < 1.29 is 9.53 Å². The van der Waals surface area contributed by atoms with E-state index in [4.69, 9.17) is 4.74 Å². The fourth-order valence-electron chi connectivity index (χ4n) is 2.09. The molecule has 2 aromatic carbocycles. The van der Waals surface area contributed by atoms with Crippen LogP contribution < -0.4 is 4.74 Å². The van der Waals surface area contributed by atoms with E-state index in [9.17, 15) is 10.1 Å². The van der Waals surface area contributed by atoms with E-state index in [1.807, 2.05) is 38.1 Å². The van der Waals surface area contributed by atoms with E-state index in [1.165, 1.54) is 5.56 Å². The molecule has 0 aliphatic rings. The number of Topliss-reactive ketones (excluding diaryl/α,β-unsaturated/α-hetero) is 1. The number of hydrogen-bond donors (Lipinski definition) is 0. The smallest absolute Gasteiger partial charge is 0.203 e. The Bertz CT molecular complexity index is 782. The van der Waals surface area contributed by atoms with Crippen LogP contribution in [0.15, 0.2) is 48.0 Å². The molecule has 0 heterocycles. The van der Waals surface area contributed by atoms with E-state index in [0.717, 1.165) is 11.1 Å². The van der Waals surface area contributed by atoms with Crippen LogP contribution in [-0.4, -0.2) is 12.9 Å². The molecule has 0 N–H and O–H groups in total. The summed E-state index contributed by atoms with van der Waals surface area (Å²) in [5.41, 5.74) is 3.69. The van der Waals surface area contributed by atoms with E-state index in [-0.39, 0.29) is 11.4 Å². The van der Waals surface area contributed by atoms with Gasteiger partial charge in [-0.15, -0.1) is 0 Å². The van der Waals surface area contributed by atoms with Crippen LogP contribution >= 0.6 is 0 Å². The molecule has 0 spiro atoms. The molecular weight excluding hydrogens is 274 g/mol. The minimum absolute atomic E-state index is 0.108. The summed E-state index contributed by atoms with van der Waals surface area (Å²) in [4.78, 5) is 12.5. The number of benzene rings is 2. The molecule has 0 radical (unpaired) electrons. The maximum absolute atomic E-state index is 12.5. The molecule has 110 valence electrons. The molecule has 0 fully saturated rings. The first-order valence-electron chi connectivity index (χ1n) is 6.93. The van der Waals surface area contributed by atoms with Gasteiger partial charge in [-0.2, -0.15) is 5.26 Å². The van der Waals surface area contributed by atoms with Crippen LogP contribution in [0.5, 0.6) is 5.75 Å². The third-order valence-corrected chi connectivity index (χ3v) is 3.54. The van der Waals surface area contributed by atoms with E-state index >= 15 is 0 Å². The second-order valence-electron chi connectivity index (χ2n) is 5.07. The van der Waals surface area contributed by atoms with Gasteiger partial charge in [-0.1, -0.05) is 30.3 Å². The van der Waals surface area contributed by atoms with E-state index in [0.29, 0.717) is 11.3 Å². The van der Waals surface area contributed by atoms with Crippen molar-refractivity contribution in [2.24, 2.45) is 0 Å². The molecule has 0 saturated carbocycles. The predicted molar refractivity (Wildman–Crippen MR) is 86.8 cm³/mol. The number of methoxy groups -OCH3 is 1. The molecule has 0 aromatic heterocycles. The van der Waals surface area contributed by atoms with Crippen molar-refractivity contribution in [3.63, 3.8) is 0 Å². The predicted octanol–water partition coefficient (Wildman–Crippen LogP) is 4.10.